The van der Waals surface area contributed by atoms with E-state index in [0.29, 0.717) is 6.04 Å². The van der Waals surface area contributed by atoms with Crippen LogP contribution < -0.4 is 5.32 Å². The fourth-order valence-electron chi connectivity index (χ4n) is 1.67. The molecule has 2 N–H and O–H groups in total. The average molecular weight is 183 g/mol. The van der Waals surface area contributed by atoms with Crippen molar-refractivity contribution in [3.63, 3.8) is 0 Å². The number of hydrogen-bond donors (Lipinski definition) is 2. The van der Waals surface area contributed by atoms with Gasteiger partial charge in [-0.2, -0.15) is 0 Å². The second-order valence-electron chi connectivity index (χ2n) is 4.06. The van der Waals surface area contributed by atoms with Crippen molar-refractivity contribution in [2.75, 3.05) is 6.61 Å². The first-order chi connectivity index (χ1) is 6.27. The van der Waals surface area contributed by atoms with E-state index in [2.05, 4.69) is 11.9 Å². The molecule has 2 heteroatoms. The first-order valence-electron chi connectivity index (χ1n) is 5.25. The molecule has 0 radical (unpaired) electrons. The van der Waals surface area contributed by atoms with Gasteiger partial charge in [0.05, 0.1) is 6.61 Å². The Labute approximate surface area is 81.0 Å². The summed E-state index contributed by atoms with van der Waals surface area (Å²) < 4.78 is 0. The van der Waals surface area contributed by atoms with Gasteiger partial charge in [0, 0.05) is 12.1 Å². The van der Waals surface area contributed by atoms with Gasteiger partial charge in [0.2, 0.25) is 0 Å². The largest absolute Gasteiger partial charge is 0.395 e. The van der Waals surface area contributed by atoms with E-state index < -0.39 is 0 Å². The molecule has 2 atom stereocenters. The van der Waals surface area contributed by atoms with Crippen LogP contribution in [0.3, 0.4) is 0 Å². The maximum Gasteiger partial charge on any atom is 0.0582 e. The maximum atomic E-state index is 8.93. The molecule has 1 rings (SSSR count). The number of rotatable bonds is 7. The second-order valence-corrected chi connectivity index (χ2v) is 4.06. The lowest BCUT2D eigenvalue weighted by Gasteiger charge is -2.21. The minimum absolute atomic E-state index is 0.232. The van der Waals surface area contributed by atoms with Crippen molar-refractivity contribution in [2.24, 2.45) is 5.92 Å². The van der Waals surface area contributed by atoms with E-state index >= 15 is 0 Å². The van der Waals surface area contributed by atoms with E-state index in [4.69, 9.17) is 5.11 Å². The molecule has 0 spiro atoms. The van der Waals surface area contributed by atoms with Gasteiger partial charge < -0.3 is 10.4 Å². The average Bonchev–Trinajstić information content (AvgIpc) is 2.94. The van der Waals surface area contributed by atoms with E-state index in [1.165, 1.54) is 19.3 Å². The highest BCUT2D eigenvalue weighted by Gasteiger charge is 2.30. The van der Waals surface area contributed by atoms with Crippen LogP contribution in [0.1, 0.15) is 32.6 Å². The molecule has 0 aromatic rings. The predicted molar refractivity (Wildman–Crippen MR) is 55.6 cm³/mol. The normalized spacial score (nSPS) is 21.1. The van der Waals surface area contributed by atoms with Crippen molar-refractivity contribution in [3.8, 4) is 0 Å². The van der Waals surface area contributed by atoms with Crippen LogP contribution in [0.25, 0.3) is 0 Å². The van der Waals surface area contributed by atoms with Crippen molar-refractivity contribution in [3.05, 3.63) is 12.7 Å². The first kappa shape index (κ1) is 10.7. The van der Waals surface area contributed by atoms with Gasteiger partial charge in [0.25, 0.3) is 0 Å². The van der Waals surface area contributed by atoms with Crippen LogP contribution in [-0.4, -0.2) is 23.8 Å². The minimum atomic E-state index is 0.232. The van der Waals surface area contributed by atoms with Crippen LogP contribution in [0.5, 0.6) is 0 Å². The van der Waals surface area contributed by atoms with Gasteiger partial charge >= 0.3 is 0 Å². The van der Waals surface area contributed by atoms with E-state index in [1.54, 1.807) is 0 Å². The molecular formula is C11H21NO. The van der Waals surface area contributed by atoms with E-state index in [9.17, 15) is 0 Å². The van der Waals surface area contributed by atoms with Crippen molar-refractivity contribution < 1.29 is 5.11 Å². The topological polar surface area (TPSA) is 32.3 Å². The third kappa shape index (κ3) is 3.92. The van der Waals surface area contributed by atoms with Gasteiger partial charge in [0.15, 0.2) is 0 Å². The summed E-state index contributed by atoms with van der Waals surface area (Å²) in [4.78, 5) is 0. The Hall–Kier alpha value is -0.340. The number of nitrogens with one attached hydrogen (secondary N) is 1. The van der Waals surface area contributed by atoms with Crippen LogP contribution >= 0.6 is 0 Å². The molecule has 1 fully saturated rings. The lowest BCUT2D eigenvalue weighted by Crippen LogP contribution is -2.39. The molecule has 1 aliphatic carbocycles. The molecule has 1 aliphatic rings. The zero-order valence-electron chi connectivity index (χ0n) is 8.50. The van der Waals surface area contributed by atoms with Crippen LogP contribution in [0.4, 0.5) is 0 Å². The van der Waals surface area contributed by atoms with E-state index in [-0.39, 0.29) is 12.6 Å². The molecule has 0 aromatic heterocycles. The molecule has 2 nitrogen and oxygen atoms in total. The Bertz CT molecular complexity index is 154. The number of aliphatic hydroxyl groups is 1. The van der Waals surface area contributed by atoms with Crippen molar-refractivity contribution in [2.45, 2.75) is 44.7 Å². The highest BCUT2D eigenvalue weighted by molar-refractivity contribution is 4.89. The predicted octanol–water partition coefficient (Wildman–Crippen LogP) is 1.70. The molecule has 1 saturated carbocycles. The maximum absolute atomic E-state index is 8.93. The molecule has 0 bridgehead atoms. The molecule has 0 aliphatic heterocycles. The Kier molecular flexibility index (Phi) is 4.46. The SMILES string of the molecule is C=CCCC(N[C@@H](C)CO)C1CC1. The molecule has 76 valence electrons. The monoisotopic (exact) mass is 183 g/mol. The molecule has 13 heavy (non-hydrogen) atoms. The quantitative estimate of drug-likeness (QED) is 0.589. The van der Waals surface area contributed by atoms with Crippen LogP contribution in [-0.2, 0) is 0 Å². The highest BCUT2D eigenvalue weighted by atomic mass is 16.3. The van der Waals surface area contributed by atoms with Gasteiger partial charge in [0.1, 0.15) is 0 Å². The Morgan fingerprint density at radius 3 is 2.77 bits per heavy atom. The Balaban J connectivity index is 2.24. The summed E-state index contributed by atoms with van der Waals surface area (Å²) >= 11 is 0. The Morgan fingerprint density at radius 1 is 1.62 bits per heavy atom. The summed E-state index contributed by atoms with van der Waals surface area (Å²) in [7, 11) is 0. The van der Waals surface area contributed by atoms with Crippen molar-refractivity contribution in [1.82, 2.24) is 5.32 Å². The van der Waals surface area contributed by atoms with Crippen molar-refractivity contribution >= 4 is 0 Å². The number of allylic oxidation sites excluding steroid dienone is 1. The van der Waals surface area contributed by atoms with Gasteiger partial charge in [-0.1, -0.05) is 6.08 Å². The smallest absolute Gasteiger partial charge is 0.0582 e. The second kappa shape index (κ2) is 5.40. The summed E-state index contributed by atoms with van der Waals surface area (Å²) in [5.41, 5.74) is 0. The minimum Gasteiger partial charge on any atom is -0.395 e. The molecule has 0 amide bonds. The first-order valence-corrected chi connectivity index (χ1v) is 5.25. The third-order valence-electron chi connectivity index (χ3n) is 2.65. The molecule has 1 unspecified atom stereocenters. The van der Waals surface area contributed by atoms with Gasteiger partial charge in [-0.05, 0) is 38.5 Å². The summed E-state index contributed by atoms with van der Waals surface area (Å²) in [6.07, 6.45) is 6.92. The lowest BCUT2D eigenvalue weighted by molar-refractivity contribution is 0.233. The van der Waals surface area contributed by atoms with Crippen LogP contribution in [0, 0.1) is 5.92 Å². The number of aliphatic hydroxyl groups excluding tert-OH is 1. The van der Waals surface area contributed by atoms with Gasteiger partial charge in [-0.15, -0.1) is 6.58 Å². The fourth-order valence-corrected chi connectivity index (χ4v) is 1.67. The molecule has 0 saturated heterocycles. The molecule has 0 heterocycles. The summed E-state index contributed by atoms with van der Waals surface area (Å²) in [5, 5.41) is 12.4. The Morgan fingerprint density at radius 2 is 2.31 bits per heavy atom. The zero-order valence-corrected chi connectivity index (χ0v) is 8.50. The molecular weight excluding hydrogens is 162 g/mol. The fraction of sp³-hybridized carbons (Fsp3) is 0.818. The summed E-state index contributed by atoms with van der Waals surface area (Å²) in [6, 6.07) is 0.829. The van der Waals surface area contributed by atoms with Gasteiger partial charge in [-0.3, -0.25) is 0 Å². The van der Waals surface area contributed by atoms with Gasteiger partial charge in [-0.25, -0.2) is 0 Å². The lowest BCUT2D eigenvalue weighted by atomic mass is 10.1. The van der Waals surface area contributed by atoms with Crippen LogP contribution in [0.2, 0.25) is 0 Å². The summed E-state index contributed by atoms with van der Waals surface area (Å²) in [6.45, 7) is 6.00. The third-order valence-corrected chi connectivity index (χ3v) is 2.65. The van der Waals surface area contributed by atoms with E-state index in [1.807, 2.05) is 13.0 Å². The summed E-state index contributed by atoms with van der Waals surface area (Å²) in [5.74, 6) is 0.856. The van der Waals surface area contributed by atoms with E-state index in [0.717, 1.165) is 12.3 Å². The van der Waals surface area contributed by atoms with Crippen molar-refractivity contribution in [1.29, 1.82) is 0 Å². The standard InChI is InChI=1S/C11H21NO/c1-3-4-5-11(10-6-7-10)12-9(2)8-13/h3,9-13H,1,4-8H2,2H3/t9-,11?/m0/s1. The van der Waals surface area contributed by atoms with Crippen LogP contribution in [0.15, 0.2) is 12.7 Å². The number of hydrogen-bond acceptors (Lipinski definition) is 2. The highest BCUT2D eigenvalue weighted by Crippen LogP contribution is 2.34. The molecule has 0 aromatic carbocycles. The zero-order chi connectivity index (χ0) is 9.68.